The van der Waals surface area contributed by atoms with Crippen molar-refractivity contribution in [2.75, 3.05) is 0 Å². The third-order valence-electron chi connectivity index (χ3n) is 2.34. The van der Waals surface area contributed by atoms with Gasteiger partial charge in [0.1, 0.15) is 5.69 Å². The summed E-state index contributed by atoms with van der Waals surface area (Å²) in [5.41, 5.74) is 2.03. The number of aromatic nitrogens is 2. The Morgan fingerprint density at radius 2 is 1.88 bits per heavy atom. The zero-order valence-corrected chi connectivity index (χ0v) is 9.54. The summed E-state index contributed by atoms with van der Waals surface area (Å²) in [6.07, 6.45) is -0.941. The van der Waals surface area contributed by atoms with Gasteiger partial charge in [0.15, 0.2) is 6.10 Å². The number of aliphatic carboxylic acids is 1. The second-order valence-electron chi connectivity index (χ2n) is 3.70. The Morgan fingerprint density at radius 1 is 1.29 bits per heavy atom. The molecule has 0 spiro atoms. The smallest absolute Gasteiger partial charge is 0.344 e. The standard InChI is InChI=1S/C12H12N2O3/c1-7-11(17-8(2)12(15)16)14-10-6-4-3-5-9(10)13-7/h3-6,8H,1-2H3,(H,15,16). The molecule has 0 radical (unpaired) electrons. The monoisotopic (exact) mass is 232 g/mol. The third-order valence-corrected chi connectivity index (χ3v) is 2.34. The van der Waals surface area contributed by atoms with Crippen molar-refractivity contribution in [3.63, 3.8) is 0 Å². The number of hydrogen-bond donors (Lipinski definition) is 1. The van der Waals surface area contributed by atoms with E-state index < -0.39 is 12.1 Å². The summed E-state index contributed by atoms with van der Waals surface area (Å²) in [5.74, 6) is -0.766. The van der Waals surface area contributed by atoms with Crippen LogP contribution in [-0.2, 0) is 4.79 Å². The lowest BCUT2D eigenvalue weighted by Gasteiger charge is -2.11. The van der Waals surface area contributed by atoms with E-state index in [1.165, 1.54) is 6.92 Å². The first-order valence-corrected chi connectivity index (χ1v) is 5.21. The molecule has 2 rings (SSSR count). The minimum absolute atomic E-state index is 0.263. The number of carboxylic acids is 1. The second-order valence-corrected chi connectivity index (χ2v) is 3.70. The van der Waals surface area contributed by atoms with Crippen molar-refractivity contribution >= 4 is 17.0 Å². The Bertz CT molecular complexity index is 569. The lowest BCUT2D eigenvalue weighted by atomic mass is 10.3. The molecule has 0 bridgehead atoms. The molecule has 0 aliphatic carbocycles. The van der Waals surface area contributed by atoms with Crippen LogP contribution in [0.15, 0.2) is 24.3 Å². The molecule has 88 valence electrons. The summed E-state index contributed by atoms with van der Waals surface area (Å²) in [5, 5.41) is 8.77. The van der Waals surface area contributed by atoms with Crippen LogP contribution in [0.5, 0.6) is 5.88 Å². The van der Waals surface area contributed by atoms with Gasteiger partial charge < -0.3 is 9.84 Å². The fourth-order valence-corrected chi connectivity index (χ4v) is 1.40. The largest absolute Gasteiger partial charge is 0.479 e. The number of nitrogens with zero attached hydrogens (tertiary/aromatic N) is 2. The van der Waals surface area contributed by atoms with E-state index in [2.05, 4.69) is 9.97 Å². The molecule has 17 heavy (non-hydrogen) atoms. The number of para-hydroxylation sites is 2. The first kappa shape index (κ1) is 11.3. The molecule has 1 N–H and O–H groups in total. The normalized spacial score (nSPS) is 12.4. The van der Waals surface area contributed by atoms with E-state index in [9.17, 15) is 4.79 Å². The van der Waals surface area contributed by atoms with Crippen molar-refractivity contribution in [1.29, 1.82) is 0 Å². The number of carbonyl (C=O) groups is 1. The molecule has 1 atom stereocenters. The van der Waals surface area contributed by atoms with Gasteiger partial charge in [-0.15, -0.1) is 0 Å². The molecule has 0 saturated heterocycles. The van der Waals surface area contributed by atoms with E-state index in [4.69, 9.17) is 9.84 Å². The molecule has 2 aromatic rings. The van der Waals surface area contributed by atoms with E-state index in [1.807, 2.05) is 18.2 Å². The lowest BCUT2D eigenvalue weighted by Crippen LogP contribution is -2.24. The van der Waals surface area contributed by atoms with Crippen molar-refractivity contribution in [1.82, 2.24) is 9.97 Å². The highest BCUT2D eigenvalue weighted by atomic mass is 16.5. The van der Waals surface area contributed by atoms with Crippen LogP contribution in [0.2, 0.25) is 0 Å². The van der Waals surface area contributed by atoms with Crippen molar-refractivity contribution in [2.24, 2.45) is 0 Å². The van der Waals surface area contributed by atoms with Crippen LogP contribution >= 0.6 is 0 Å². The number of ether oxygens (including phenoxy) is 1. The first-order valence-electron chi connectivity index (χ1n) is 5.21. The van der Waals surface area contributed by atoms with E-state index in [0.717, 1.165) is 5.52 Å². The minimum atomic E-state index is -1.03. The van der Waals surface area contributed by atoms with E-state index in [1.54, 1.807) is 13.0 Å². The van der Waals surface area contributed by atoms with Crippen molar-refractivity contribution in [3.8, 4) is 5.88 Å². The first-order chi connectivity index (χ1) is 8.08. The van der Waals surface area contributed by atoms with Crippen LogP contribution in [0, 0.1) is 6.92 Å². The van der Waals surface area contributed by atoms with Crippen molar-refractivity contribution in [2.45, 2.75) is 20.0 Å². The summed E-state index contributed by atoms with van der Waals surface area (Å²) < 4.78 is 5.24. The van der Waals surface area contributed by atoms with Crippen molar-refractivity contribution < 1.29 is 14.6 Å². The highest BCUT2D eigenvalue weighted by Gasteiger charge is 2.15. The molecular weight excluding hydrogens is 220 g/mol. The molecule has 1 heterocycles. The van der Waals surface area contributed by atoms with Gasteiger partial charge >= 0.3 is 5.97 Å². The predicted octanol–water partition coefficient (Wildman–Crippen LogP) is 1.79. The Hall–Kier alpha value is -2.17. The molecule has 5 nitrogen and oxygen atoms in total. The highest BCUT2D eigenvalue weighted by Crippen LogP contribution is 2.18. The number of rotatable bonds is 3. The molecule has 1 aromatic carbocycles. The van der Waals surface area contributed by atoms with Gasteiger partial charge in [0, 0.05) is 0 Å². The van der Waals surface area contributed by atoms with Gasteiger partial charge in [-0.05, 0) is 26.0 Å². The van der Waals surface area contributed by atoms with Crippen LogP contribution in [0.1, 0.15) is 12.6 Å². The van der Waals surface area contributed by atoms with Gasteiger partial charge in [-0.3, -0.25) is 0 Å². The predicted molar refractivity (Wildman–Crippen MR) is 62.0 cm³/mol. The Morgan fingerprint density at radius 3 is 2.47 bits per heavy atom. The Balaban J connectivity index is 2.40. The molecule has 0 amide bonds. The van der Waals surface area contributed by atoms with Crippen molar-refractivity contribution in [3.05, 3.63) is 30.0 Å². The quantitative estimate of drug-likeness (QED) is 0.873. The van der Waals surface area contributed by atoms with Crippen LogP contribution in [0.3, 0.4) is 0 Å². The van der Waals surface area contributed by atoms with Crippen LogP contribution in [0.25, 0.3) is 11.0 Å². The fraction of sp³-hybridized carbons (Fsp3) is 0.250. The van der Waals surface area contributed by atoms with Gasteiger partial charge in [0.25, 0.3) is 0 Å². The second kappa shape index (κ2) is 4.37. The Kier molecular flexibility index (Phi) is 2.91. The molecular formula is C12H12N2O3. The average Bonchev–Trinajstić information content (AvgIpc) is 2.29. The van der Waals surface area contributed by atoms with Gasteiger partial charge in [0.05, 0.1) is 11.0 Å². The maximum absolute atomic E-state index is 10.7. The summed E-state index contributed by atoms with van der Waals surface area (Å²) in [4.78, 5) is 19.3. The lowest BCUT2D eigenvalue weighted by molar-refractivity contribution is -0.144. The van der Waals surface area contributed by atoms with E-state index in [-0.39, 0.29) is 5.88 Å². The zero-order valence-electron chi connectivity index (χ0n) is 9.54. The summed E-state index contributed by atoms with van der Waals surface area (Å²) in [6.45, 7) is 3.20. The van der Waals surface area contributed by atoms with Gasteiger partial charge in [-0.2, -0.15) is 0 Å². The number of carboxylic acid groups (broad SMARTS) is 1. The molecule has 5 heteroatoms. The molecule has 0 aliphatic heterocycles. The highest BCUT2D eigenvalue weighted by molar-refractivity contribution is 5.75. The van der Waals surface area contributed by atoms with Crippen LogP contribution in [0.4, 0.5) is 0 Å². The maximum Gasteiger partial charge on any atom is 0.344 e. The molecule has 1 unspecified atom stereocenters. The maximum atomic E-state index is 10.7. The number of aryl methyl sites for hydroxylation is 1. The fourth-order valence-electron chi connectivity index (χ4n) is 1.40. The van der Waals surface area contributed by atoms with E-state index in [0.29, 0.717) is 11.2 Å². The Labute approximate surface area is 98.1 Å². The van der Waals surface area contributed by atoms with E-state index >= 15 is 0 Å². The van der Waals surface area contributed by atoms with Crippen LogP contribution < -0.4 is 4.74 Å². The van der Waals surface area contributed by atoms with Gasteiger partial charge in [0.2, 0.25) is 5.88 Å². The topological polar surface area (TPSA) is 72.3 Å². The van der Waals surface area contributed by atoms with Crippen LogP contribution in [-0.4, -0.2) is 27.1 Å². The molecule has 0 fully saturated rings. The third kappa shape index (κ3) is 2.33. The average molecular weight is 232 g/mol. The minimum Gasteiger partial charge on any atom is -0.479 e. The summed E-state index contributed by atoms with van der Waals surface area (Å²) in [7, 11) is 0. The number of hydrogen-bond acceptors (Lipinski definition) is 4. The summed E-state index contributed by atoms with van der Waals surface area (Å²) in [6, 6.07) is 7.37. The number of fused-ring (bicyclic) bond motifs is 1. The molecule has 1 aromatic heterocycles. The van der Waals surface area contributed by atoms with Gasteiger partial charge in [-0.25, -0.2) is 14.8 Å². The van der Waals surface area contributed by atoms with Gasteiger partial charge in [-0.1, -0.05) is 12.1 Å². The zero-order chi connectivity index (χ0) is 12.4. The SMILES string of the molecule is Cc1nc2ccccc2nc1OC(C)C(=O)O. The number of benzene rings is 1. The molecule has 0 saturated carbocycles. The molecule has 0 aliphatic rings. The summed E-state index contributed by atoms with van der Waals surface area (Å²) >= 11 is 0.